The zero-order valence-corrected chi connectivity index (χ0v) is 26.0. The molecule has 0 aliphatic heterocycles. The topological polar surface area (TPSA) is 133 Å². The monoisotopic (exact) mass is 649 g/mol. The molecule has 10 nitrogen and oxygen atoms in total. The number of halogens is 3. The lowest BCUT2D eigenvalue weighted by molar-refractivity contribution is -0.0500. The van der Waals surface area contributed by atoms with E-state index in [2.05, 4.69) is 19.8 Å². The van der Waals surface area contributed by atoms with E-state index >= 15 is 0 Å². The molecule has 1 aromatic heterocycles. The average Bonchev–Trinajstić information content (AvgIpc) is 3.68. The molecule has 2 aliphatic carbocycles. The molecule has 2 N–H and O–H groups in total. The van der Waals surface area contributed by atoms with Crippen molar-refractivity contribution in [3.63, 3.8) is 0 Å². The Morgan fingerprint density at radius 3 is 2.29 bits per heavy atom. The molecule has 0 atom stereocenters. The van der Waals surface area contributed by atoms with Crippen LogP contribution in [0.4, 0.5) is 18.0 Å². The predicted molar refractivity (Wildman–Crippen MR) is 158 cm³/mol. The van der Waals surface area contributed by atoms with Crippen molar-refractivity contribution in [1.29, 1.82) is 0 Å². The molecular formula is C31H34F3N3O7S. The van der Waals surface area contributed by atoms with Crippen molar-refractivity contribution in [1.82, 2.24) is 15.6 Å². The normalized spacial score (nSPS) is 17.1. The third-order valence-corrected chi connectivity index (χ3v) is 8.83. The van der Waals surface area contributed by atoms with E-state index in [1.807, 2.05) is 0 Å². The summed E-state index contributed by atoms with van der Waals surface area (Å²) in [5.74, 6) is -0.604. The van der Waals surface area contributed by atoms with Gasteiger partial charge in [-0.2, -0.15) is 21.6 Å². The minimum absolute atomic E-state index is 0.174. The number of carbonyl (C=O) groups is 2. The van der Waals surface area contributed by atoms with Crippen LogP contribution in [0.3, 0.4) is 0 Å². The lowest BCUT2D eigenvalue weighted by atomic mass is 9.77. The van der Waals surface area contributed by atoms with Crippen LogP contribution in [0.25, 0.3) is 10.9 Å². The minimum atomic E-state index is -5.93. The van der Waals surface area contributed by atoms with Crippen LogP contribution < -0.4 is 19.6 Å². The Balaban J connectivity index is 1.35. The van der Waals surface area contributed by atoms with E-state index in [9.17, 15) is 31.2 Å². The molecule has 1 heterocycles. The molecule has 3 aromatic rings. The number of ether oxygens (including phenoxy) is 2. The number of fused-ring (bicyclic) bond motifs is 1. The number of hydrogen-bond donors (Lipinski definition) is 2. The van der Waals surface area contributed by atoms with Crippen molar-refractivity contribution in [3.05, 3.63) is 65.4 Å². The van der Waals surface area contributed by atoms with Crippen molar-refractivity contribution >= 4 is 33.0 Å². The number of nitrogens with zero attached hydrogens (tertiary/aromatic N) is 1. The van der Waals surface area contributed by atoms with E-state index < -0.39 is 50.1 Å². The first-order valence-corrected chi connectivity index (χ1v) is 15.8. The van der Waals surface area contributed by atoms with Crippen LogP contribution in [-0.2, 0) is 20.4 Å². The molecule has 0 saturated heterocycles. The maximum atomic E-state index is 13.6. The Kier molecular flexibility index (Phi) is 8.17. The molecule has 0 spiro atoms. The first-order valence-electron chi connectivity index (χ1n) is 14.4. The van der Waals surface area contributed by atoms with Crippen molar-refractivity contribution < 1.29 is 44.8 Å². The number of nitrogens with one attached hydrogen (secondary N) is 2. The smallest absolute Gasteiger partial charge is 0.491 e. The van der Waals surface area contributed by atoms with E-state index in [1.54, 1.807) is 58.0 Å². The summed E-state index contributed by atoms with van der Waals surface area (Å²) in [5, 5.41) is 6.46. The van der Waals surface area contributed by atoms with Crippen LogP contribution in [0.5, 0.6) is 11.5 Å². The van der Waals surface area contributed by atoms with Gasteiger partial charge in [-0.25, -0.2) is 4.79 Å². The third kappa shape index (κ3) is 7.10. The number of hydrogen-bond acceptors (Lipinski definition) is 8. The van der Waals surface area contributed by atoms with Crippen LogP contribution in [-0.4, -0.2) is 48.7 Å². The number of amides is 2. The third-order valence-electron chi connectivity index (χ3n) is 7.85. The van der Waals surface area contributed by atoms with E-state index in [0.29, 0.717) is 53.5 Å². The highest BCUT2D eigenvalue weighted by Crippen LogP contribution is 2.49. The molecule has 45 heavy (non-hydrogen) atoms. The van der Waals surface area contributed by atoms with Gasteiger partial charge in [-0.05, 0) is 95.2 Å². The summed E-state index contributed by atoms with van der Waals surface area (Å²) < 4.78 is 78.5. The fourth-order valence-electron chi connectivity index (χ4n) is 5.23. The average molecular weight is 650 g/mol. The summed E-state index contributed by atoms with van der Waals surface area (Å²) in [5.41, 5.74) is -6.28. The van der Waals surface area contributed by atoms with Crippen molar-refractivity contribution in [3.8, 4) is 11.5 Å². The highest BCUT2D eigenvalue weighted by molar-refractivity contribution is 7.88. The summed E-state index contributed by atoms with van der Waals surface area (Å²) in [6.45, 7) is 7.27. The second-order valence-corrected chi connectivity index (χ2v) is 14.1. The first kappa shape index (κ1) is 32.3. The number of aryl methyl sites for hydroxylation is 1. The van der Waals surface area contributed by atoms with E-state index in [-0.39, 0.29) is 12.1 Å². The zero-order valence-electron chi connectivity index (χ0n) is 25.2. The molecule has 2 fully saturated rings. The molecule has 5 rings (SSSR count). The van der Waals surface area contributed by atoms with Gasteiger partial charge in [-0.1, -0.05) is 12.1 Å². The maximum absolute atomic E-state index is 13.6. The Morgan fingerprint density at radius 2 is 1.69 bits per heavy atom. The fraction of sp³-hybridized carbons (Fsp3) is 0.452. The van der Waals surface area contributed by atoms with Crippen LogP contribution >= 0.6 is 0 Å². The van der Waals surface area contributed by atoms with Gasteiger partial charge in [0.05, 0.1) is 16.6 Å². The molecule has 0 unspecified atom stereocenters. The lowest BCUT2D eigenvalue weighted by Gasteiger charge is -2.42. The largest absolute Gasteiger partial charge is 0.534 e. The number of aromatic nitrogens is 1. The van der Waals surface area contributed by atoms with Crippen molar-refractivity contribution in [2.75, 3.05) is 6.61 Å². The highest BCUT2D eigenvalue weighted by Gasteiger charge is 2.50. The second kappa shape index (κ2) is 11.4. The Bertz CT molecular complexity index is 1750. The van der Waals surface area contributed by atoms with Crippen molar-refractivity contribution in [2.45, 2.75) is 82.0 Å². The van der Waals surface area contributed by atoms with E-state index in [0.717, 1.165) is 12.5 Å². The van der Waals surface area contributed by atoms with Crippen LogP contribution in [0.2, 0.25) is 0 Å². The van der Waals surface area contributed by atoms with E-state index in [4.69, 9.17) is 9.47 Å². The van der Waals surface area contributed by atoms with Gasteiger partial charge < -0.3 is 24.3 Å². The molecule has 242 valence electrons. The van der Waals surface area contributed by atoms with Gasteiger partial charge in [0.25, 0.3) is 5.91 Å². The first-order chi connectivity index (χ1) is 20.9. The lowest BCUT2D eigenvalue weighted by Crippen LogP contribution is -2.58. The van der Waals surface area contributed by atoms with Gasteiger partial charge in [0.2, 0.25) is 0 Å². The summed E-state index contributed by atoms with van der Waals surface area (Å²) in [6, 6.07) is 10.7. The summed E-state index contributed by atoms with van der Waals surface area (Å²) in [6.07, 6.45) is 4.13. The Morgan fingerprint density at radius 1 is 0.978 bits per heavy atom. The molecule has 0 bridgehead atoms. The zero-order chi connectivity index (χ0) is 32.8. The van der Waals surface area contributed by atoms with Crippen LogP contribution in [0.15, 0.2) is 48.7 Å². The van der Waals surface area contributed by atoms with Gasteiger partial charge in [-0.3, -0.25) is 9.78 Å². The summed E-state index contributed by atoms with van der Waals surface area (Å²) in [7, 11) is -5.93. The van der Waals surface area contributed by atoms with Gasteiger partial charge in [0, 0.05) is 23.2 Å². The predicted octanol–water partition coefficient (Wildman–Crippen LogP) is 6.02. The SMILES string of the molecule is Cc1ccc(OCC2(NC(=O)OC(C)(C)C)CCC2)cc1C(=O)NC1(c2cc(OS(=O)(=O)C(F)(F)F)cc3ncccc23)CC1. The molecule has 2 aromatic carbocycles. The van der Waals surface area contributed by atoms with Gasteiger partial charge in [0.1, 0.15) is 23.7 Å². The molecule has 2 saturated carbocycles. The molecule has 0 radical (unpaired) electrons. The second-order valence-electron chi connectivity index (χ2n) is 12.6. The Labute approximate surface area is 258 Å². The molecular weight excluding hydrogens is 615 g/mol. The van der Waals surface area contributed by atoms with Gasteiger partial charge in [-0.15, -0.1) is 0 Å². The standard InChI is InChI=1S/C31H34F3N3O7S/c1-19-8-9-20(42-18-29(10-6-11-29)37-27(39)43-28(2,3)4)15-23(19)26(38)36-30(12-13-30)24-16-21(44-45(40,41)31(32,33)34)17-25-22(24)7-5-14-35-25/h5,7-9,14-17H,6,10-13,18H2,1-4H3,(H,36,38)(H,37,39). The number of alkyl carbamates (subject to hydrolysis) is 1. The quantitative estimate of drug-likeness (QED) is 0.213. The maximum Gasteiger partial charge on any atom is 0.534 e. The number of alkyl halides is 3. The van der Waals surface area contributed by atoms with Gasteiger partial charge >= 0.3 is 21.7 Å². The fourth-order valence-corrected chi connectivity index (χ4v) is 5.68. The Hall–Kier alpha value is -4.07. The van der Waals surface area contributed by atoms with Crippen molar-refractivity contribution in [2.24, 2.45) is 0 Å². The summed E-state index contributed by atoms with van der Waals surface area (Å²) >= 11 is 0. The molecule has 2 amide bonds. The van der Waals surface area contributed by atoms with E-state index in [1.165, 1.54) is 12.3 Å². The number of pyridine rings is 1. The van der Waals surface area contributed by atoms with Gasteiger partial charge in [0.15, 0.2) is 0 Å². The molecule has 14 heteroatoms. The molecule has 2 aliphatic rings. The van der Waals surface area contributed by atoms with Crippen LogP contribution in [0.1, 0.15) is 74.4 Å². The highest BCUT2D eigenvalue weighted by atomic mass is 32.2. The van der Waals surface area contributed by atoms with Crippen LogP contribution in [0, 0.1) is 6.92 Å². The number of benzene rings is 2. The number of carbonyl (C=O) groups excluding carboxylic acids is 2. The number of rotatable bonds is 9. The minimum Gasteiger partial charge on any atom is -0.491 e. The summed E-state index contributed by atoms with van der Waals surface area (Å²) in [4.78, 5) is 30.2.